The lowest BCUT2D eigenvalue weighted by atomic mass is 9.90. The number of aromatic nitrogens is 1. The van der Waals surface area contributed by atoms with E-state index in [0.717, 1.165) is 29.2 Å². The van der Waals surface area contributed by atoms with Gasteiger partial charge in [-0.05, 0) is 49.8 Å². The average molecular weight is 314 g/mol. The van der Waals surface area contributed by atoms with Gasteiger partial charge in [0.25, 0.3) is 0 Å². The molecule has 3 rings (SSSR count). The molecule has 1 heterocycles. The second-order valence-corrected chi connectivity index (χ2v) is 6.71. The number of benzene rings is 1. The lowest BCUT2D eigenvalue weighted by molar-refractivity contribution is 0.687. The SMILES string of the molecule is Cc1nc(CCN=C(N)Nc2cccc3c2CCCC3)cs1. The zero-order valence-corrected chi connectivity index (χ0v) is 13.7. The molecule has 0 radical (unpaired) electrons. The molecule has 4 nitrogen and oxygen atoms in total. The molecule has 0 saturated heterocycles. The Morgan fingerprint density at radius 2 is 2.23 bits per heavy atom. The van der Waals surface area contributed by atoms with E-state index in [4.69, 9.17) is 5.73 Å². The number of hydrogen-bond donors (Lipinski definition) is 2. The molecule has 1 aromatic carbocycles. The van der Waals surface area contributed by atoms with Gasteiger partial charge in [-0.2, -0.15) is 0 Å². The highest BCUT2D eigenvalue weighted by molar-refractivity contribution is 7.09. The van der Waals surface area contributed by atoms with Gasteiger partial charge >= 0.3 is 0 Å². The van der Waals surface area contributed by atoms with Crippen molar-refractivity contribution in [3.63, 3.8) is 0 Å². The van der Waals surface area contributed by atoms with Gasteiger partial charge in [0.1, 0.15) is 0 Å². The van der Waals surface area contributed by atoms with E-state index in [0.29, 0.717) is 12.5 Å². The van der Waals surface area contributed by atoms with E-state index in [9.17, 15) is 0 Å². The van der Waals surface area contributed by atoms with Crippen molar-refractivity contribution in [1.29, 1.82) is 0 Å². The lowest BCUT2D eigenvalue weighted by Crippen LogP contribution is -2.24. The molecule has 3 N–H and O–H groups in total. The number of nitrogens with zero attached hydrogens (tertiary/aromatic N) is 2. The highest BCUT2D eigenvalue weighted by atomic mass is 32.1. The summed E-state index contributed by atoms with van der Waals surface area (Å²) < 4.78 is 0. The van der Waals surface area contributed by atoms with Crippen LogP contribution in [0.2, 0.25) is 0 Å². The number of nitrogens with one attached hydrogen (secondary N) is 1. The van der Waals surface area contributed by atoms with Crippen LogP contribution in [0, 0.1) is 6.92 Å². The normalized spacial score (nSPS) is 14.7. The molecule has 0 saturated carbocycles. The molecule has 0 aliphatic heterocycles. The Bertz CT molecular complexity index is 675. The fraction of sp³-hybridized carbons (Fsp3) is 0.412. The topological polar surface area (TPSA) is 63.3 Å². The van der Waals surface area contributed by atoms with Crippen LogP contribution in [0.25, 0.3) is 0 Å². The van der Waals surface area contributed by atoms with Gasteiger partial charge in [-0.15, -0.1) is 11.3 Å². The number of fused-ring (bicyclic) bond motifs is 1. The molecule has 0 spiro atoms. The van der Waals surface area contributed by atoms with Crippen molar-refractivity contribution in [1.82, 2.24) is 4.98 Å². The molecule has 22 heavy (non-hydrogen) atoms. The maximum absolute atomic E-state index is 6.03. The third-order valence-corrected chi connectivity index (χ3v) is 4.80. The summed E-state index contributed by atoms with van der Waals surface area (Å²) in [6, 6.07) is 6.41. The van der Waals surface area contributed by atoms with Gasteiger partial charge in [0.2, 0.25) is 0 Å². The van der Waals surface area contributed by atoms with Crippen LogP contribution in [-0.4, -0.2) is 17.5 Å². The van der Waals surface area contributed by atoms with Crippen molar-refractivity contribution >= 4 is 23.0 Å². The standard InChI is InChI=1S/C17H22N4S/c1-12-20-14(11-22-12)9-10-19-17(18)21-16-8-4-6-13-5-2-3-7-15(13)16/h4,6,8,11H,2-3,5,7,9-10H2,1H3,(H3,18,19,21). The first-order valence-electron chi connectivity index (χ1n) is 7.81. The molecule has 0 amide bonds. The molecular weight excluding hydrogens is 292 g/mol. The predicted octanol–water partition coefficient (Wildman–Crippen LogP) is 3.30. The molecule has 0 fully saturated rings. The van der Waals surface area contributed by atoms with Gasteiger partial charge < -0.3 is 11.1 Å². The van der Waals surface area contributed by atoms with Crippen molar-refractivity contribution in [2.75, 3.05) is 11.9 Å². The summed E-state index contributed by atoms with van der Waals surface area (Å²) in [5, 5.41) is 6.45. The first kappa shape index (κ1) is 15.0. The van der Waals surface area contributed by atoms with E-state index in [1.165, 1.54) is 30.4 Å². The monoisotopic (exact) mass is 314 g/mol. The third kappa shape index (κ3) is 3.65. The summed E-state index contributed by atoms with van der Waals surface area (Å²) in [5.41, 5.74) is 11.1. The van der Waals surface area contributed by atoms with Crippen molar-refractivity contribution < 1.29 is 0 Å². The molecule has 0 unspecified atom stereocenters. The molecular formula is C17H22N4S. The zero-order valence-electron chi connectivity index (χ0n) is 12.9. The maximum atomic E-state index is 6.03. The van der Waals surface area contributed by atoms with E-state index in [1.54, 1.807) is 11.3 Å². The minimum absolute atomic E-state index is 0.492. The van der Waals surface area contributed by atoms with Gasteiger partial charge in [-0.25, -0.2) is 4.98 Å². The number of nitrogens with two attached hydrogens (primary N) is 1. The largest absolute Gasteiger partial charge is 0.370 e. The highest BCUT2D eigenvalue weighted by Gasteiger charge is 2.13. The van der Waals surface area contributed by atoms with Crippen LogP contribution < -0.4 is 11.1 Å². The first-order valence-corrected chi connectivity index (χ1v) is 8.69. The van der Waals surface area contributed by atoms with Crippen LogP contribution in [0.15, 0.2) is 28.6 Å². The average Bonchev–Trinajstić information content (AvgIpc) is 2.93. The summed E-state index contributed by atoms with van der Waals surface area (Å²) in [6.07, 6.45) is 5.67. The zero-order chi connectivity index (χ0) is 15.4. The minimum Gasteiger partial charge on any atom is -0.370 e. The van der Waals surface area contributed by atoms with Crippen LogP contribution in [0.1, 0.15) is 34.7 Å². The Morgan fingerprint density at radius 3 is 3.05 bits per heavy atom. The van der Waals surface area contributed by atoms with Gasteiger partial charge in [0, 0.05) is 24.0 Å². The molecule has 5 heteroatoms. The first-order chi connectivity index (χ1) is 10.7. The van der Waals surface area contributed by atoms with E-state index in [2.05, 4.69) is 38.9 Å². The third-order valence-electron chi connectivity index (χ3n) is 3.98. The van der Waals surface area contributed by atoms with Gasteiger partial charge in [-0.3, -0.25) is 4.99 Å². The Morgan fingerprint density at radius 1 is 1.36 bits per heavy atom. The molecule has 1 aliphatic carbocycles. The number of aryl methyl sites for hydroxylation is 2. The maximum Gasteiger partial charge on any atom is 0.193 e. The Hall–Kier alpha value is -1.88. The second-order valence-electron chi connectivity index (χ2n) is 5.65. The number of aliphatic imine (C=N–C) groups is 1. The van der Waals surface area contributed by atoms with Crippen molar-refractivity contribution in [3.8, 4) is 0 Å². The van der Waals surface area contributed by atoms with E-state index >= 15 is 0 Å². The summed E-state index contributed by atoms with van der Waals surface area (Å²) in [5.74, 6) is 0.492. The van der Waals surface area contributed by atoms with Crippen molar-refractivity contribution in [2.45, 2.75) is 39.0 Å². The van der Waals surface area contributed by atoms with Crippen LogP contribution in [-0.2, 0) is 19.3 Å². The number of rotatable bonds is 4. The molecule has 1 aromatic heterocycles. The Balaban J connectivity index is 1.61. The number of anilines is 1. The second kappa shape index (κ2) is 6.92. The van der Waals surface area contributed by atoms with E-state index in [-0.39, 0.29) is 0 Å². The molecule has 2 aromatic rings. The fourth-order valence-electron chi connectivity index (χ4n) is 2.89. The number of thiazole rings is 1. The summed E-state index contributed by atoms with van der Waals surface area (Å²) >= 11 is 1.67. The van der Waals surface area contributed by atoms with Gasteiger partial charge in [0.05, 0.1) is 10.7 Å². The van der Waals surface area contributed by atoms with E-state index in [1.807, 2.05) is 6.92 Å². The summed E-state index contributed by atoms with van der Waals surface area (Å²) in [4.78, 5) is 8.86. The summed E-state index contributed by atoms with van der Waals surface area (Å²) in [6.45, 7) is 2.68. The summed E-state index contributed by atoms with van der Waals surface area (Å²) in [7, 11) is 0. The van der Waals surface area contributed by atoms with Crippen molar-refractivity contribution in [3.05, 3.63) is 45.4 Å². The Labute approximate surface area is 135 Å². The van der Waals surface area contributed by atoms with Crippen LogP contribution in [0.3, 0.4) is 0 Å². The lowest BCUT2D eigenvalue weighted by Gasteiger charge is -2.19. The number of hydrogen-bond acceptors (Lipinski definition) is 3. The predicted molar refractivity (Wildman–Crippen MR) is 93.8 cm³/mol. The van der Waals surface area contributed by atoms with Gasteiger partial charge in [-0.1, -0.05) is 12.1 Å². The smallest absolute Gasteiger partial charge is 0.193 e. The fourth-order valence-corrected chi connectivity index (χ4v) is 3.54. The molecule has 1 aliphatic rings. The Kier molecular flexibility index (Phi) is 4.73. The molecule has 0 atom stereocenters. The highest BCUT2D eigenvalue weighted by Crippen LogP contribution is 2.27. The van der Waals surface area contributed by atoms with Crippen molar-refractivity contribution in [2.24, 2.45) is 10.7 Å². The minimum atomic E-state index is 0.492. The molecule has 116 valence electrons. The van der Waals surface area contributed by atoms with E-state index < -0.39 is 0 Å². The number of guanidine groups is 1. The van der Waals surface area contributed by atoms with Gasteiger partial charge in [0.15, 0.2) is 5.96 Å². The quantitative estimate of drug-likeness (QED) is 0.672. The molecule has 0 bridgehead atoms. The van der Waals surface area contributed by atoms with Crippen LogP contribution >= 0.6 is 11.3 Å². The van der Waals surface area contributed by atoms with Crippen LogP contribution in [0.5, 0.6) is 0 Å². The van der Waals surface area contributed by atoms with Crippen LogP contribution in [0.4, 0.5) is 5.69 Å².